The zero-order valence-corrected chi connectivity index (χ0v) is 20.8. The Hall–Kier alpha value is -3.98. The molecule has 2 N–H and O–H groups in total. The minimum atomic E-state index is -0.453. The fourth-order valence-corrected chi connectivity index (χ4v) is 3.74. The maximum absolute atomic E-state index is 13.1. The molecule has 1 aromatic heterocycles. The third-order valence-electron chi connectivity index (χ3n) is 4.91. The molecule has 0 aliphatic heterocycles. The van der Waals surface area contributed by atoms with Gasteiger partial charge in [0.2, 0.25) is 0 Å². The number of rotatable bonds is 11. The van der Waals surface area contributed by atoms with Gasteiger partial charge in [0.25, 0.3) is 11.8 Å². The molecule has 8 nitrogen and oxygen atoms in total. The average Bonchev–Trinajstić information content (AvgIpc) is 3.40. The molecule has 2 aromatic carbocycles. The smallest absolute Gasteiger partial charge is 0.268 e. The van der Waals surface area contributed by atoms with Crippen molar-refractivity contribution in [3.8, 4) is 23.0 Å². The van der Waals surface area contributed by atoms with Crippen molar-refractivity contribution in [1.29, 1.82) is 0 Å². The number of methoxy groups -OCH3 is 3. The van der Waals surface area contributed by atoms with Crippen LogP contribution in [0.5, 0.6) is 23.0 Å². The van der Waals surface area contributed by atoms with Gasteiger partial charge in [-0.15, -0.1) is 11.3 Å². The number of amides is 2. The lowest BCUT2D eigenvalue weighted by atomic mass is 10.1. The van der Waals surface area contributed by atoms with E-state index in [1.165, 1.54) is 25.6 Å². The predicted molar refractivity (Wildman–Crippen MR) is 135 cm³/mol. The molecule has 1 atom stereocenters. The number of benzene rings is 2. The van der Waals surface area contributed by atoms with Crippen LogP contribution in [0.25, 0.3) is 6.08 Å². The summed E-state index contributed by atoms with van der Waals surface area (Å²) in [4.78, 5) is 26.8. The lowest BCUT2D eigenvalue weighted by Gasteiger charge is -2.17. The lowest BCUT2D eigenvalue weighted by molar-refractivity contribution is -0.118. The second kappa shape index (κ2) is 12.5. The molecule has 1 heterocycles. The second-order valence-corrected chi connectivity index (χ2v) is 8.44. The van der Waals surface area contributed by atoms with Gasteiger partial charge < -0.3 is 29.6 Å². The Labute approximate surface area is 208 Å². The summed E-state index contributed by atoms with van der Waals surface area (Å²) in [6.07, 6.45) is 1.63. The zero-order chi connectivity index (χ0) is 25.2. The quantitative estimate of drug-likeness (QED) is 0.388. The normalized spacial score (nSPS) is 11.8. The maximum Gasteiger partial charge on any atom is 0.268 e. The highest BCUT2D eigenvalue weighted by Gasteiger charge is 2.18. The van der Waals surface area contributed by atoms with Gasteiger partial charge >= 0.3 is 0 Å². The van der Waals surface area contributed by atoms with Gasteiger partial charge in [0, 0.05) is 10.4 Å². The van der Waals surface area contributed by atoms with Crippen molar-refractivity contribution in [1.82, 2.24) is 10.6 Å². The van der Waals surface area contributed by atoms with Gasteiger partial charge in [-0.25, -0.2) is 0 Å². The zero-order valence-electron chi connectivity index (χ0n) is 20.0. The Balaban J connectivity index is 1.69. The summed E-state index contributed by atoms with van der Waals surface area (Å²) < 4.78 is 21.4. The van der Waals surface area contributed by atoms with Crippen LogP contribution >= 0.6 is 11.3 Å². The molecule has 0 radical (unpaired) electrons. The summed E-state index contributed by atoms with van der Waals surface area (Å²) in [6.45, 7) is 2.06. The van der Waals surface area contributed by atoms with E-state index in [1.54, 1.807) is 55.7 Å². The van der Waals surface area contributed by atoms with Gasteiger partial charge in [0.1, 0.15) is 23.8 Å². The summed E-state index contributed by atoms with van der Waals surface area (Å²) in [7, 11) is 4.60. The van der Waals surface area contributed by atoms with Crippen molar-refractivity contribution >= 4 is 29.2 Å². The van der Waals surface area contributed by atoms with E-state index >= 15 is 0 Å². The van der Waals surface area contributed by atoms with Crippen molar-refractivity contribution < 1.29 is 28.5 Å². The standard InChI is InChI=1S/C26H28N2O6S/c1-17(16-34-20-10-8-19(31-2)9-11-20)27-26(30)22(15-21-6-5-13-35-21)28-25(29)18-7-12-23(32-3)24(14-18)33-4/h5-15,17H,16H2,1-4H3,(H,27,30)(H,28,29)/b22-15-. The molecule has 0 bridgehead atoms. The monoisotopic (exact) mass is 496 g/mol. The number of nitrogens with one attached hydrogen (secondary N) is 2. The third-order valence-corrected chi connectivity index (χ3v) is 5.72. The van der Waals surface area contributed by atoms with Crippen LogP contribution in [-0.4, -0.2) is 45.8 Å². The summed E-state index contributed by atoms with van der Waals surface area (Å²) in [5.74, 6) is 1.42. The predicted octanol–water partition coefficient (Wildman–Crippen LogP) is 4.13. The van der Waals surface area contributed by atoms with Crippen molar-refractivity contribution in [2.75, 3.05) is 27.9 Å². The minimum Gasteiger partial charge on any atom is -0.497 e. The van der Waals surface area contributed by atoms with E-state index in [9.17, 15) is 9.59 Å². The molecule has 1 unspecified atom stereocenters. The molecular formula is C26H28N2O6S. The van der Waals surface area contributed by atoms with E-state index in [1.807, 2.05) is 24.4 Å². The van der Waals surface area contributed by atoms with Gasteiger partial charge in [-0.2, -0.15) is 0 Å². The third kappa shape index (κ3) is 7.25. The first kappa shape index (κ1) is 25.6. The van der Waals surface area contributed by atoms with E-state index in [0.29, 0.717) is 22.8 Å². The largest absolute Gasteiger partial charge is 0.497 e. The number of carbonyl (C=O) groups is 2. The van der Waals surface area contributed by atoms with E-state index < -0.39 is 11.8 Å². The fourth-order valence-electron chi connectivity index (χ4n) is 3.08. The molecule has 184 valence electrons. The highest BCUT2D eigenvalue weighted by Crippen LogP contribution is 2.27. The molecule has 9 heteroatoms. The first-order valence-corrected chi connectivity index (χ1v) is 11.7. The average molecular weight is 497 g/mol. The van der Waals surface area contributed by atoms with Gasteiger partial charge in [0.05, 0.1) is 27.4 Å². The van der Waals surface area contributed by atoms with Crippen LogP contribution in [0.15, 0.2) is 65.7 Å². The first-order valence-electron chi connectivity index (χ1n) is 10.8. The van der Waals surface area contributed by atoms with Gasteiger partial charge in [-0.1, -0.05) is 6.07 Å². The highest BCUT2D eigenvalue weighted by atomic mass is 32.1. The van der Waals surface area contributed by atoms with Crippen molar-refractivity contribution in [3.63, 3.8) is 0 Å². The second-order valence-electron chi connectivity index (χ2n) is 7.46. The number of ether oxygens (including phenoxy) is 4. The van der Waals surface area contributed by atoms with Gasteiger partial charge in [0.15, 0.2) is 11.5 Å². The van der Waals surface area contributed by atoms with E-state index in [0.717, 1.165) is 10.6 Å². The van der Waals surface area contributed by atoms with Gasteiger partial charge in [-0.05, 0) is 66.9 Å². The van der Waals surface area contributed by atoms with E-state index in [2.05, 4.69) is 10.6 Å². The molecule has 0 spiro atoms. The van der Waals surface area contributed by atoms with E-state index in [-0.39, 0.29) is 18.3 Å². The number of hydrogen-bond acceptors (Lipinski definition) is 7. The Morgan fingerprint density at radius 1 is 0.943 bits per heavy atom. The van der Waals surface area contributed by atoms with Crippen LogP contribution in [0.1, 0.15) is 22.2 Å². The molecule has 2 amide bonds. The Morgan fingerprint density at radius 3 is 2.29 bits per heavy atom. The summed E-state index contributed by atoms with van der Waals surface area (Å²) in [6, 6.07) is 15.4. The molecule has 0 saturated carbocycles. The molecule has 0 saturated heterocycles. The Kier molecular flexibility index (Phi) is 9.14. The molecule has 35 heavy (non-hydrogen) atoms. The van der Waals surface area contributed by atoms with Crippen LogP contribution in [0.4, 0.5) is 0 Å². The SMILES string of the molecule is COc1ccc(OCC(C)NC(=O)/C(=C/c2cccs2)NC(=O)c2ccc(OC)c(OC)c2)cc1. The van der Waals surface area contributed by atoms with Crippen molar-refractivity contribution in [2.24, 2.45) is 0 Å². The fraction of sp³-hybridized carbons (Fsp3) is 0.231. The Bertz CT molecular complexity index is 1160. The number of carbonyl (C=O) groups excluding carboxylic acids is 2. The molecule has 3 aromatic rings. The molecule has 0 aliphatic rings. The van der Waals surface area contributed by atoms with Gasteiger partial charge in [-0.3, -0.25) is 9.59 Å². The number of thiophene rings is 1. The highest BCUT2D eigenvalue weighted by molar-refractivity contribution is 7.10. The summed E-state index contributed by atoms with van der Waals surface area (Å²) in [5.41, 5.74) is 0.437. The lowest BCUT2D eigenvalue weighted by Crippen LogP contribution is -2.41. The number of hydrogen-bond donors (Lipinski definition) is 2. The van der Waals surface area contributed by atoms with Crippen LogP contribution in [0.3, 0.4) is 0 Å². The van der Waals surface area contributed by atoms with E-state index in [4.69, 9.17) is 18.9 Å². The molecule has 0 aliphatic carbocycles. The van der Waals surface area contributed by atoms with Crippen LogP contribution < -0.4 is 29.6 Å². The molecule has 3 rings (SSSR count). The van der Waals surface area contributed by atoms with Crippen LogP contribution in [0, 0.1) is 0 Å². The van der Waals surface area contributed by atoms with Crippen molar-refractivity contribution in [2.45, 2.75) is 13.0 Å². The molecule has 0 fully saturated rings. The summed E-state index contributed by atoms with van der Waals surface area (Å²) in [5, 5.41) is 7.48. The molecular weight excluding hydrogens is 468 g/mol. The Morgan fingerprint density at radius 2 is 1.66 bits per heavy atom. The summed E-state index contributed by atoms with van der Waals surface area (Å²) >= 11 is 1.45. The first-order chi connectivity index (χ1) is 16.9. The minimum absolute atomic E-state index is 0.114. The van der Waals surface area contributed by atoms with Crippen LogP contribution in [0.2, 0.25) is 0 Å². The topological polar surface area (TPSA) is 95.1 Å². The van der Waals surface area contributed by atoms with Crippen LogP contribution in [-0.2, 0) is 4.79 Å². The van der Waals surface area contributed by atoms with Crippen molar-refractivity contribution in [3.05, 3.63) is 76.1 Å². The maximum atomic E-state index is 13.1.